The number of anilines is 1. The van der Waals surface area contributed by atoms with Crippen molar-refractivity contribution in [3.8, 4) is 11.5 Å². The summed E-state index contributed by atoms with van der Waals surface area (Å²) in [6.07, 6.45) is 0. The van der Waals surface area contributed by atoms with Crippen LogP contribution in [-0.2, 0) is 0 Å². The van der Waals surface area contributed by atoms with Crippen LogP contribution in [0.15, 0.2) is 40.7 Å². The van der Waals surface area contributed by atoms with Gasteiger partial charge < -0.3 is 25.0 Å². The second-order valence-electron chi connectivity index (χ2n) is 5.91. The highest BCUT2D eigenvalue weighted by molar-refractivity contribution is 14.0. The molecule has 150 valence electrons. The summed E-state index contributed by atoms with van der Waals surface area (Å²) >= 11 is 1.76. The lowest BCUT2D eigenvalue weighted by molar-refractivity contribution is 0.311. The summed E-state index contributed by atoms with van der Waals surface area (Å²) < 4.78 is 10.7. The molecule has 0 aliphatic heterocycles. The quantitative estimate of drug-likeness (QED) is 0.323. The molecule has 1 aromatic carbocycles. The molecule has 2 aromatic rings. The fourth-order valence-electron chi connectivity index (χ4n) is 2.52. The predicted octanol–water partition coefficient (Wildman–Crippen LogP) is 4.06. The third-order valence-corrected chi connectivity index (χ3v) is 4.88. The Morgan fingerprint density at radius 2 is 1.93 bits per heavy atom. The number of likely N-dealkylation sites (N-methyl/N-ethyl adjacent to an activating group) is 1. The van der Waals surface area contributed by atoms with Crippen molar-refractivity contribution in [3.05, 3.63) is 40.6 Å². The Kier molecular flexibility index (Phi) is 10.5. The lowest BCUT2D eigenvalue weighted by Gasteiger charge is -2.22. The van der Waals surface area contributed by atoms with Gasteiger partial charge in [-0.3, -0.25) is 4.99 Å². The molecule has 0 fully saturated rings. The summed E-state index contributed by atoms with van der Waals surface area (Å²) in [4.78, 5) is 8.27. The van der Waals surface area contributed by atoms with Crippen LogP contribution < -0.4 is 20.1 Å². The van der Waals surface area contributed by atoms with Crippen molar-refractivity contribution in [1.82, 2.24) is 10.2 Å². The van der Waals surface area contributed by atoms with Crippen LogP contribution in [0.4, 0.5) is 5.69 Å². The number of benzene rings is 1. The van der Waals surface area contributed by atoms with Crippen LogP contribution in [0, 0.1) is 0 Å². The van der Waals surface area contributed by atoms with E-state index in [9.17, 15) is 0 Å². The van der Waals surface area contributed by atoms with E-state index >= 15 is 0 Å². The second kappa shape index (κ2) is 12.0. The van der Waals surface area contributed by atoms with Gasteiger partial charge in [-0.1, -0.05) is 6.07 Å². The number of ether oxygens (including phenoxy) is 2. The van der Waals surface area contributed by atoms with Gasteiger partial charge in [0.25, 0.3) is 0 Å². The van der Waals surface area contributed by atoms with Crippen molar-refractivity contribution in [2.75, 3.05) is 46.7 Å². The maximum atomic E-state index is 5.37. The van der Waals surface area contributed by atoms with Crippen LogP contribution in [-0.4, -0.2) is 52.3 Å². The molecule has 0 radical (unpaired) electrons. The predicted molar refractivity (Wildman–Crippen MR) is 125 cm³/mol. The normalized spacial score (nSPS) is 12.3. The number of methoxy groups -OCH3 is 2. The summed E-state index contributed by atoms with van der Waals surface area (Å²) in [6, 6.07) is 10.2. The SMILES string of the molecule is CCNC(=NCC(c1cccs1)N(C)C)Nc1ccc(OC)c(OC)c1.I. The van der Waals surface area contributed by atoms with Gasteiger partial charge in [0.15, 0.2) is 17.5 Å². The molecule has 1 atom stereocenters. The minimum atomic E-state index is 0. The molecule has 0 saturated carbocycles. The first-order valence-electron chi connectivity index (χ1n) is 8.56. The first-order chi connectivity index (χ1) is 12.6. The smallest absolute Gasteiger partial charge is 0.195 e. The highest BCUT2D eigenvalue weighted by Crippen LogP contribution is 2.29. The molecule has 1 heterocycles. The number of hydrogen-bond acceptors (Lipinski definition) is 5. The maximum Gasteiger partial charge on any atom is 0.195 e. The lowest BCUT2D eigenvalue weighted by atomic mass is 10.2. The molecule has 0 aliphatic carbocycles. The highest BCUT2D eigenvalue weighted by atomic mass is 127. The summed E-state index contributed by atoms with van der Waals surface area (Å²) in [6.45, 7) is 3.50. The van der Waals surface area contributed by atoms with Crippen molar-refractivity contribution in [2.45, 2.75) is 13.0 Å². The Bertz CT molecular complexity index is 708. The summed E-state index contributed by atoms with van der Waals surface area (Å²) in [5.41, 5.74) is 0.889. The molecule has 0 bridgehead atoms. The summed E-state index contributed by atoms with van der Waals surface area (Å²) in [5.74, 6) is 2.12. The Morgan fingerprint density at radius 3 is 2.48 bits per heavy atom. The largest absolute Gasteiger partial charge is 0.493 e. The zero-order valence-corrected chi connectivity index (χ0v) is 19.6. The van der Waals surface area contributed by atoms with Crippen molar-refractivity contribution in [1.29, 1.82) is 0 Å². The van der Waals surface area contributed by atoms with Gasteiger partial charge in [0.05, 0.1) is 26.8 Å². The van der Waals surface area contributed by atoms with Gasteiger partial charge in [-0.15, -0.1) is 35.3 Å². The minimum absolute atomic E-state index is 0. The van der Waals surface area contributed by atoms with E-state index in [1.807, 2.05) is 18.2 Å². The number of rotatable bonds is 8. The molecule has 0 amide bonds. The van der Waals surface area contributed by atoms with Gasteiger partial charge >= 0.3 is 0 Å². The average Bonchev–Trinajstić information content (AvgIpc) is 3.15. The number of thiophene rings is 1. The molecule has 2 N–H and O–H groups in total. The van der Waals surface area contributed by atoms with E-state index < -0.39 is 0 Å². The maximum absolute atomic E-state index is 5.37. The molecule has 27 heavy (non-hydrogen) atoms. The summed E-state index contributed by atoms with van der Waals surface area (Å²) in [5, 5.41) is 8.72. The average molecular weight is 504 g/mol. The van der Waals surface area contributed by atoms with Crippen LogP contribution in [0.5, 0.6) is 11.5 Å². The van der Waals surface area contributed by atoms with Crippen molar-refractivity contribution in [2.24, 2.45) is 4.99 Å². The zero-order valence-electron chi connectivity index (χ0n) is 16.5. The number of nitrogens with zero attached hydrogens (tertiary/aromatic N) is 2. The first kappa shape index (κ1) is 23.5. The van der Waals surface area contributed by atoms with Gasteiger partial charge in [-0.05, 0) is 44.6 Å². The molecule has 8 heteroatoms. The third kappa shape index (κ3) is 6.86. The number of nitrogens with one attached hydrogen (secondary N) is 2. The Morgan fingerprint density at radius 1 is 1.19 bits per heavy atom. The second-order valence-corrected chi connectivity index (χ2v) is 6.89. The van der Waals surface area contributed by atoms with Gasteiger partial charge in [0.2, 0.25) is 0 Å². The van der Waals surface area contributed by atoms with Crippen molar-refractivity contribution in [3.63, 3.8) is 0 Å². The first-order valence-corrected chi connectivity index (χ1v) is 9.44. The number of halogens is 1. The van der Waals surface area contributed by atoms with Crippen LogP contribution in [0.1, 0.15) is 17.8 Å². The third-order valence-electron chi connectivity index (χ3n) is 3.91. The number of aliphatic imine (C=N–C) groups is 1. The minimum Gasteiger partial charge on any atom is -0.493 e. The van der Waals surface area contributed by atoms with Crippen molar-refractivity contribution < 1.29 is 9.47 Å². The highest BCUT2D eigenvalue weighted by Gasteiger charge is 2.15. The number of guanidine groups is 1. The zero-order chi connectivity index (χ0) is 18.9. The molecular weight excluding hydrogens is 475 g/mol. The molecule has 0 spiro atoms. The molecule has 2 rings (SSSR count). The van der Waals surface area contributed by atoms with Crippen LogP contribution in [0.3, 0.4) is 0 Å². The molecule has 0 saturated heterocycles. The van der Waals surface area contributed by atoms with E-state index in [1.165, 1.54) is 4.88 Å². The van der Waals surface area contributed by atoms with Crippen molar-refractivity contribution >= 4 is 47.0 Å². The topological polar surface area (TPSA) is 58.1 Å². The van der Waals surface area contributed by atoms with E-state index in [4.69, 9.17) is 14.5 Å². The molecule has 1 unspecified atom stereocenters. The Hall–Kier alpha value is -1.52. The lowest BCUT2D eigenvalue weighted by Crippen LogP contribution is -2.32. The van der Waals surface area contributed by atoms with Gasteiger partial charge in [-0.25, -0.2) is 0 Å². The van der Waals surface area contributed by atoms with E-state index in [0.29, 0.717) is 18.0 Å². The summed E-state index contributed by atoms with van der Waals surface area (Å²) in [7, 11) is 7.41. The molecule has 1 aromatic heterocycles. The molecule has 6 nitrogen and oxygen atoms in total. The fraction of sp³-hybridized carbons (Fsp3) is 0.421. The monoisotopic (exact) mass is 504 g/mol. The number of hydrogen-bond donors (Lipinski definition) is 2. The van der Waals surface area contributed by atoms with Gasteiger partial charge in [0.1, 0.15) is 0 Å². The van der Waals surface area contributed by atoms with Crippen LogP contribution >= 0.6 is 35.3 Å². The Labute approximate surface area is 183 Å². The van der Waals surface area contributed by atoms with E-state index in [1.54, 1.807) is 25.6 Å². The van der Waals surface area contributed by atoms with Gasteiger partial charge in [-0.2, -0.15) is 0 Å². The van der Waals surface area contributed by atoms with E-state index in [0.717, 1.165) is 18.2 Å². The molecular formula is C19H29IN4O2S. The van der Waals surface area contributed by atoms with Crippen LogP contribution in [0.25, 0.3) is 0 Å². The fourth-order valence-corrected chi connectivity index (χ4v) is 3.44. The van der Waals surface area contributed by atoms with E-state index in [2.05, 4.69) is 54.1 Å². The Balaban J connectivity index is 0.00000364. The van der Waals surface area contributed by atoms with E-state index in [-0.39, 0.29) is 30.0 Å². The standard InChI is InChI=1S/C19H28N4O2S.HI/c1-6-20-19(21-13-15(23(2)3)18-8-7-11-26-18)22-14-9-10-16(24-4)17(12-14)25-5;/h7-12,15H,6,13H2,1-5H3,(H2,20,21,22);1H. The van der Waals surface area contributed by atoms with Gasteiger partial charge in [0, 0.05) is 23.2 Å². The van der Waals surface area contributed by atoms with Crippen LogP contribution in [0.2, 0.25) is 0 Å². The molecule has 0 aliphatic rings.